The van der Waals surface area contributed by atoms with Crippen LogP contribution in [0.5, 0.6) is 0 Å². The van der Waals surface area contributed by atoms with Crippen molar-refractivity contribution in [3.8, 4) is 39.8 Å². The van der Waals surface area contributed by atoms with Gasteiger partial charge in [-0.25, -0.2) is 0 Å². The van der Waals surface area contributed by atoms with E-state index < -0.39 is 78.5 Å². The second kappa shape index (κ2) is 21.4. The van der Waals surface area contributed by atoms with Gasteiger partial charge >= 0.3 is 20.1 Å². The zero-order valence-electron chi connectivity index (χ0n) is 56.2. The number of nitrogens with zero attached hydrogens (tertiary/aromatic N) is 4. The Morgan fingerprint density at radius 3 is 1.65 bits per heavy atom. The Morgan fingerprint density at radius 2 is 1.16 bits per heavy atom. The molecular formula is C63H59IrN4O. The molecule has 0 radical (unpaired) electrons. The molecule has 0 aliphatic heterocycles. The molecule has 69 heavy (non-hydrogen) atoms. The number of aryl methyl sites for hydroxylation is 6. The quantitative estimate of drug-likeness (QED) is 0.0956. The van der Waals surface area contributed by atoms with Crippen LogP contribution in [0.1, 0.15) is 139 Å². The first-order valence-corrected chi connectivity index (χ1v) is 22.1. The molecule has 0 aliphatic rings. The molecule has 0 fully saturated rings. The number of rotatable bonds is 15. The fourth-order valence-corrected chi connectivity index (χ4v) is 7.73. The summed E-state index contributed by atoms with van der Waals surface area (Å²) in [6, 6.07) is 37.5. The summed E-state index contributed by atoms with van der Waals surface area (Å²) in [5, 5.41) is 11.0. The van der Waals surface area contributed by atoms with Crippen LogP contribution in [0.4, 0.5) is 0 Å². The third kappa shape index (κ3) is 11.3. The van der Waals surface area contributed by atoms with Crippen LogP contribution in [-0.2, 0) is 64.7 Å². The van der Waals surface area contributed by atoms with Crippen molar-refractivity contribution in [1.29, 1.82) is 5.26 Å². The first-order valence-electron chi connectivity index (χ1n) is 30.6. The Morgan fingerprint density at radius 1 is 0.623 bits per heavy atom. The molecule has 6 heteroatoms. The minimum Gasteiger partial charge on any atom is -0.500 e. The van der Waals surface area contributed by atoms with Crippen molar-refractivity contribution in [3.05, 3.63) is 208 Å². The molecule has 0 aliphatic carbocycles. The van der Waals surface area contributed by atoms with E-state index in [4.69, 9.17) is 11.3 Å². The van der Waals surface area contributed by atoms with Crippen molar-refractivity contribution in [2.75, 3.05) is 0 Å². The van der Waals surface area contributed by atoms with Crippen molar-refractivity contribution in [3.63, 3.8) is 0 Å². The van der Waals surface area contributed by atoms with Gasteiger partial charge < -0.3 is 19.4 Å². The van der Waals surface area contributed by atoms with Crippen molar-refractivity contribution >= 4 is 21.9 Å². The number of hydrogen-bond acceptors (Lipinski definition) is 5. The van der Waals surface area contributed by atoms with E-state index in [1.165, 1.54) is 58.0 Å². The summed E-state index contributed by atoms with van der Waals surface area (Å²) < 4.78 is 168. The molecule has 0 N–H and O–H groups in total. The summed E-state index contributed by atoms with van der Waals surface area (Å²) >= 11 is 0. The summed E-state index contributed by atoms with van der Waals surface area (Å²) in [7, 11) is 0. The van der Waals surface area contributed by atoms with Gasteiger partial charge in [0.1, 0.15) is 5.58 Å². The van der Waals surface area contributed by atoms with Gasteiger partial charge in [-0.15, -0.1) is 90.0 Å². The van der Waals surface area contributed by atoms with Crippen LogP contribution in [0.25, 0.3) is 55.7 Å². The second-order valence-corrected chi connectivity index (χ2v) is 17.7. The number of benzene rings is 5. The maximum absolute atomic E-state index is 10.2. The molecule has 5 nitrogen and oxygen atoms in total. The fourth-order valence-electron chi connectivity index (χ4n) is 7.73. The van der Waals surface area contributed by atoms with Gasteiger partial charge in [-0.2, -0.15) is 5.26 Å². The molecule has 0 atom stereocenters. The zero-order valence-corrected chi connectivity index (χ0v) is 41.5. The summed E-state index contributed by atoms with van der Waals surface area (Å²) in [5.74, 6) is -3.15. The van der Waals surface area contributed by atoms with Gasteiger partial charge in [0, 0.05) is 51.5 Å². The first-order chi connectivity index (χ1) is 39.2. The molecule has 0 saturated heterocycles. The van der Waals surface area contributed by atoms with Crippen LogP contribution >= 0.6 is 0 Å². The number of nitriles is 1. The molecule has 0 bridgehead atoms. The maximum atomic E-state index is 10.2. The Hall–Kier alpha value is -6.51. The molecule has 4 aromatic heterocycles. The van der Waals surface area contributed by atoms with Crippen LogP contribution in [0.3, 0.4) is 0 Å². The fraction of sp³-hybridized carbons (Fsp3) is 0.270. The number of hydrogen-bond donors (Lipinski definition) is 0. The third-order valence-electron chi connectivity index (χ3n) is 11.0. The van der Waals surface area contributed by atoms with E-state index in [9.17, 15) is 21.7 Å². The largest absolute Gasteiger partial charge is 3.00 e. The van der Waals surface area contributed by atoms with E-state index >= 15 is 0 Å². The van der Waals surface area contributed by atoms with Gasteiger partial charge in [-0.1, -0.05) is 108 Å². The Labute approximate surface area is 446 Å². The van der Waals surface area contributed by atoms with Gasteiger partial charge in [0.2, 0.25) is 0 Å². The predicted molar refractivity (Wildman–Crippen MR) is 278 cm³/mol. The standard InChI is InChI=1S/C63H59N4O.Ir/c1-41(2)55-34-59(47-15-10-8-11-16-47)66-39-50(55)26-23-45-31-44(32-46(33-45)24-27-51-40-67-60(35-56(51)42(3)4)48-17-12-9-13-18-48)22-21-43-25-30-58(65-38-43)54-20-14-19-52-53-29-28-49(37-64)57(36-63(5,6)7)62(53)68-61(52)54;/h8-15,17,19,25,28-35,38-42H,21-24,26-27,36H2,1-7H3;/q-3;+3/i21D2,22D2,23D2,24D2,26D2,27D2,28D,36D2,41D,42D;. The average Bonchev–Trinajstić information content (AvgIpc) is 1.18. The van der Waals surface area contributed by atoms with Crippen LogP contribution in [-0.4, -0.2) is 15.0 Å². The van der Waals surface area contributed by atoms with E-state index in [-0.39, 0.29) is 87.5 Å². The van der Waals surface area contributed by atoms with Crippen LogP contribution < -0.4 is 0 Å². The Kier molecular flexibility index (Phi) is 9.80. The molecule has 0 unspecified atom stereocenters. The van der Waals surface area contributed by atoms with E-state index in [1.54, 1.807) is 81.4 Å². The van der Waals surface area contributed by atoms with Crippen molar-refractivity contribution < 1.29 is 47.8 Å². The molecule has 346 valence electrons. The van der Waals surface area contributed by atoms with Crippen LogP contribution in [0.15, 0.2) is 138 Å². The summed E-state index contributed by atoms with van der Waals surface area (Å²) in [4.78, 5) is 13.5. The van der Waals surface area contributed by atoms with E-state index in [0.29, 0.717) is 33.3 Å². The number of furan rings is 1. The number of aromatic nitrogens is 3. The van der Waals surface area contributed by atoms with E-state index in [0.717, 1.165) is 36.8 Å². The molecule has 5 aromatic carbocycles. The maximum Gasteiger partial charge on any atom is 3.00 e. The molecule has 9 rings (SSSR count). The van der Waals surface area contributed by atoms with E-state index in [2.05, 4.69) is 33.2 Å². The summed E-state index contributed by atoms with van der Waals surface area (Å²) in [6.07, 6.45) is -18.3. The average molecular weight is 1100 g/mol. The minimum atomic E-state index is -3.30. The zero-order chi connectivity index (χ0) is 62.6. The van der Waals surface area contributed by atoms with Crippen LogP contribution in [0, 0.1) is 34.9 Å². The van der Waals surface area contributed by atoms with Crippen molar-refractivity contribution in [2.45, 2.75) is 105 Å². The molecule has 0 amide bonds. The van der Waals surface area contributed by atoms with Gasteiger partial charge in [0.05, 0.1) is 18.6 Å². The number of pyridine rings is 3. The van der Waals surface area contributed by atoms with Gasteiger partial charge in [0.15, 0.2) is 0 Å². The first kappa shape index (κ1) is 31.6. The SMILES string of the molecule is [2H]c1cc2c(oc3c(-c4ccc(C([2H])([2H])C([2H])([2H])c5cc(C([2H])([2H])C([2H])([2H])c6cnc(-c7[c-]cccc7)cc6C([2H])(C)C)cc(C([2H])([2H])C([2H])([2H])c6cnc(-c7[c-]cccc7)cc6C([2H])(C)C)c5)cn4)[c-]ccc32)c(C([2H])([2H])C(C)(C)C)c1C#N.[Ir+3]. The third-order valence-corrected chi connectivity index (χ3v) is 11.0. The summed E-state index contributed by atoms with van der Waals surface area (Å²) in [6.45, 7) is 10.9. The van der Waals surface area contributed by atoms with Gasteiger partial charge in [-0.3, -0.25) is 0 Å². The van der Waals surface area contributed by atoms with Gasteiger partial charge in [-0.05, 0) is 129 Å². The molecule has 0 spiro atoms. The van der Waals surface area contributed by atoms with Crippen molar-refractivity contribution in [2.24, 2.45) is 5.41 Å². The van der Waals surface area contributed by atoms with Crippen molar-refractivity contribution in [1.82, 2.24) is 15.0 Å². The number of fused-ring (bicyclic) bond motifs is 3. The topological polar surface area (TPSA) is 75.6 Å². The predicted octanol–water partition coefficient (Wildman–Crippen LogP) is 15.2. The monoisotopic (exact) mass is 1100 g/mol. The Balaban J connectivity index is 0.00000961. The van der Waals surface area contributed by atoms with Crippen LogP contribution in [0.2, 0.25) is 0 Å². The second-order valence-electron chi connectivity index (χ2n) is 17.7. The minimum absolute atomic E-state index is 0. The normalized spacial score (nSPS) is 17.0. The smallest absolute Gasteiger partial charge is 0.500 e. The Bertz CT molecular complexity index is 3950. The van der Waals surface area contributed by atoms with Gasteiger partial charge in [0.25, 0.3) is 0 Å². The molecular weight excluding hydrogens is 1020 g/mol. The molecule has 0 saturated carbocycles. The summed E-state index contributed by atoms with van der Waals surface area (Å²) in [5.41, 5.74) is -2.33. The van der Waals surface area contributed by atoms with E-state index in [1.807, 2.05) is 6.07 Å². The molecule has 9 aromatic rings. The molecule has 4 heterocycles.